The lowest BCUT2D eigenvalue weighted by Crippen LogP contribution is -2.30. The van der Waals surface area contributed by atoms with Crippen LogP contribution < -0.4 is 4.74 Å². The van der Waals surface area contributed by atoms with Gasteiger partial charge >= 0.3 is 5.97 Å². The topological polar surface area (TPSA) is 46.5 Å². The zero-order chi connectivity index (χ0) is 16.1. The Hall–Kier alpha value is -2.00. The van der Waals surface area contributed by atoms with Crippen LogP contribution in [-0.2, 0) is 11.2 Å². The Morgan fingerprint density at radius 1 is 1.14 bits per heavy atom. The summed E-state index contributed by atoms with van der Waals surface area (Å²) in [6, 6.07) is 14.7. The molecule has 0 heterocycles. The van der Waals surface area contributed by atoms with Crippen LogP contribution in [-0.4, -0.2) is 17.2 Å². The van der Waals surface area contributed by atoms with Crippen molar-refractivity contribution in [3.63, 3.8) is 0 Å². The lowest BCUT2D eigenvalue weighted by molar-refractivity contribution is -0.145. The van der Waals surface area contributed by atoms with Gasteiger partial charge in [0.25, 0.3) is 0 Å². The van der Waals surface area contributed by atoms with Crippen molar-refractivity contribution in [2.75, 3.05) is 0 Å². The summed E-state index contributed by atoms with van der Waals surface area (Å²) in [5.41, 5.74) is 1.76. The second-order valence-electron chi connectivity index (χ2n) is 5.43. The molecule has 3 nitrogen and oxygen atoms in total. The van der Waals surface area contributed by atoms with Gasteiger partial charge in [-0.1, -0.05) is 61.8 Å². The Morgan fingerprint density at radius 3 is 2.41 bits per heavy atom. The van der Waals surface area contributed by atoms with Crippen LogP contribution >= 0.6 is 11.6 Å². The van der Waals surface area contributed by atoms with Crippen LogP contribution in [0.1, 0.15) is 30.9 Å². The highest BCUT2D eigenvalue weighted by Gasteiger charge is 2.22. The molecule has 1 N–H and O–H groups in total. The van der Waals surface area contributed by atoms with Crippen LogP contribution in [0.3, 0.4) is 0 Å². The molecule has 22 heavy (non-hydrogen) atoms. The third kappa shape index (κ3) is 4.01. The van der Waals surface area contributed by atoms with Crippen molar-refractivity contribution in [3.8, 4) is 5.75 Å². The van der Waals surface area contributed by atoms with Crippen LogP contribution in [0.4, 0.5) is 0 Å². The molecule has 1 atom stereocenters. The van der Waals surface area contributed by atoms with E-state index in [2.05, 4.69) is 0 Å². The zero-order valence-electron chi connectivity index (χ0n) is 12.6. The van der Waals surface area contributed by atoms with E-state index in [0.717, 1.165) is 11.1 Å². The highest BCUT2D eigenvalue weighted by Crippen LogP contribution is 2.28. The van der Waals surface area contributed by atoms with Crippen molar-refractivity contribution in [1.29, 1.82) is 0 Å². The van der Waals surface area contributed by atoms with Crippen molar-refractivity contribution in [1.82, 2.24) is 0 Å². The molecule has 0 saturated heterocycles. The molecule has 0 bridgehead atoms. The molecule has 0 amide bonds. The first kappa shape index (κ1) is 16.4. The average Bonchev–Trinajstić information content (AvgIpc) is 2.49. The molecule has 2 rings (SSSR count). The summed E-state index contributed by atoms with van der Waals surface area (Å²) in [4.78, 5) is 11.5. The molecule has 0 spiro atoms. The molecule has 0 fully saturated rings. The van der Waals surface area contributed by atoms with Gasteiger partial charge in [0.15, 0.2) is 6.10 Å². The first-order valence-corrected chi connectivity index (χ1v) is 7.58. The molecule has 0 unspecified atom stereocenters. The number of aliphatic carboxylic acids is 1. The molecule has 4 heteroatoms. The summed E-state index contributed by atoms with van der Waals surface area (Å²) in [6.07, 6.45) is -0.749. The second kappa shape index (κ2) is 7.32. The fraction of sp³-hybridized carbons (Fsp3) is 0.278. The largest absolute Gasteiger partial charge is 0.478 e. The fourth-order valence-corrected chi connectivity index (χ4v) is 2.47. The molecule has 0 aliphatic rings. The van der Waals surface area contributed by atoms with Gasteiger partial charge < -0.3 is 9.84 Å². The predicted molar refractivity (Wildman–Crippen MR) is 87.7 cm³/mol. The second-order valence-corrected chi connectivity index (χ2v) is 5.84. The Morgan fingerprint density at radius 2 is 1.77 bits per heavy atom. The van der Waals surface area contributed by atoms with E-state index < -0.39 is 12.1 Å². The van der Waals surface area contributed by atoms with E-state index in [-0.39, 0.29) is 12.3 Å². The van der Waals surface area contributed by atoms with E-state index in [4.69, 9.17) is 16.3 Å². The van der Waals surface area contributed by atoms with Crippen LogP contribution in [0.15, 0.2) is 48.5 Å². The van der Waals surface area contributed by atoms with Crippen molar-refractivity contribution >= 4 is 17.6 Å². The third-order valence-electron chi connectivity index (χ3n) is 3.45. The number of carboxylic acid groups (broad SMARTS) is 1. The number of rotatable bonds is 6. The fourth-order valence-electron chi connectivity index (χ4n) is 2.26. The summed E-state index contributed by atoms with van der Waals surface area (Å²) >= 11 is 6.11. The molecule has 0 saturated carbocycles. The summed E-state index contributed by atoms with van der Waals surface area (Å²) in [5, 5.41) is 10.00. The lowest BCUT2D eigenvalue weighted by Gasteiger charge is -2.19. The summed E-state index contributed by atoms with van der Waals surface area (Å²) in [6.45, 7) is 4.10. The highest BCUT2D eigenvalue weighted by atomic mass is 35.5. The van der Waals surface area contributed by atoms with Gasteiger partial charge in [-0.05, 0) is 29.2 Å². The van der Waals surface area contributed by atoms with E-state index in [1.165, 1.54) is 0 Å². The number of ether oxygens (including phenoxy) is 1. The van der Waals surface area contributed by atoms with Crippen LogP contribution in [0.2, 0.25) is 5.02 Å². The van der Waals surface area contributed by atoms with Crippen molar-refractivity contribution in [3.05, 3.63) is 64.7 Å². The molecule has 2 aromatic carbocycles. The van der Waals surface area contributed by atoms with Gasteiger partial charge in [-0.2, -0.15) is 0 Å². The summed E-state index contributed by atoms with van der Waals surface area (Å²) < 4.78 is 5.77. The Kier molecular flexibility index (Phi) is 5.45. The average molecular weight is 319 g/mol. The SMILES string of the molecule is CC(C)c1ccccc1O[C@@H](Cc1ccccc1Cl)C(=O)O. The quantitative estimate of drug-likeness (QED) is 0.850. The first-order chi connectivity index (χ1) is 10.5. The van der Waals surface area contributed by atoms with Gasteiger partial charge in [0.05, 0.1) is 0 Å². The molecular formula is C18H19ClO3. The number of carboxylic acids is 1. The molecule has 0 aliphatic carbocycles. The monoisotopic (exact) mass is 318 g/mol. The Balaban J connectivity index is 2.24. The summed E-state index contributed by atoms with van der Waals surface area (Å²) in [5.74, 6) is -0.138. The Labute approximate surface area is 135 Å². The summed E-state index contributed by atoms with van der Waals surface area (Å²) in [7, 11) is 0. The van der Waals surface area contributed by atoms with Crippen LogP contribution in [0.25, 0.3) is 0 Å². The van der Waals surface area contributed by atoms with Crippen LogP contribution in [0, 0.1) is 0 Å². The van der Waals surface area contributed by atoms with E-state index in [1.807, 2.05) is 50.2 Å². The standard InChI is InChI=1S/C18H19ClO3/c1-12(2)14-8-4-6-10-16(14)22-17(18(20)21)11-13-7-3-5-9-15(13)19/h3-10,12,17H,11H2,1-2H3,(H,20,21)/t17-/m0/s1. The predicted octanol–water partition coefficient (Wildman–Crippen LogP) is 4.54. The lowest BCUT2D eigenvalue weighted by atomic mass is 10.0. The van der Waals surface area contributed by atoms with E-state index >= 15 is 0 Å². The maximum absolute atomic E-state index is 11.5. The van der Waals surface area contributed by atoms with Crippen LogP contribution in [0.5, 0.6) is 5.75 Å². The number of hydrogen-bond donors (Lipinski definition) is 1. The van der Waals surface area contributed by atoms with Gasteiger partial charge in [0, 0.05) is 11.4 Å². The van der Waals surface area contributed by atoms with E-state index in [0.29, 0.717) is 10.8 Å². The minimum Gasteiger partial charge on any atom is -0.478 e. The number of halogens is 1. The molecule has 116 valence electrons. The smallest absolute Gasteiger partial charge is 0.345 e. The van der Waals surface area contributed by atoms with E-state index in [9.17, 15) is 9.90 Å². The molecule has 0 radical (unpaired) electrons. The molecule has 0 aliphatic heterocycles. The molecule has 2 aromatic rings. The maximum atomic E-state index is 11.5. The normalized spacial score (nSPS) is 12.2. The maximum Gasteiger partial charge on any atom is 0.345 e. The Bertz CT molecular complexity index is 652. The van der Waals surface area contributed by atoms with Gasteiger partial charge in [-0.3, -0.25) is 0 Å². The molecular weight excluding hydrogens is 300 g/mol. The highest BCUT2D eigenvalue weighted by molar-refractivity contribution is 6.31. The van der Waals surface area contributed by atoms with E-state index in [1.54, 1.807) is 12.1 Å². The zero-order valence-corrected chi connectivity index (χ0v) is 13.4. The minimum atomic E-state index is -1.00. The minimum absolute atomic E-state index is 0.224. The number of benzene rings is 2. The van der Waals surface area contributed by atoms with Crippen molar-refractivity contribution in [2.45, 2.75) is 32.3 Å². The number of carbonyl (C=O) groups is 1. The van der Waals surface area contributed by atoms with Crippen molar-refractivity contribution < 1.29 is 14.6 Å². The third-order valence-corrected chi connectivity index (χ3v) is 3.82. The number of hydrogen-bond acceptors (Lipinski definition) is 2. The van der Waals surface area contributed by atoms with Crippen molar-refractivity contribution in [2.24, 2.45) is 0 Å². The van der Waals surface area contributed by atoms with Gasteiger partial charge in [0.2, 0.25) is 0 Å². The van der Waals surface area contributed by atoms with Gasteiger partial charge in [-0.15, -0.1) is 0 Å². The number of para-hydroxylation sites is 1. The molecule has 0 aromatic heterocycles. The van der Waals surface area contributed by atoms with Gasteiger partial charge in [0.1, 0.15) is 5.75 Å². The van der Waals surface area contributed by atoms with Gasteiger partial charge in [-0.25, -0.2) is 4.79 Å². The first-order valence-electron chi connectivity index (χ1n) is 7.21.